The number of carbonyl (C=O) groups is 2. The average Bonchev–Trinajstić information content (AvgIpc) is 2.54. The Morgan fingerprint density at radius 1 is 1.36 bits per heavy atom. The van der Waals surface area contributed by atoms with E-state index in [9.17, 15) is 14.4 Å². The molecule has 2 amide bonds. The van der Waals surface area contributed by atoms with Gasteiger partial charge in [0.2, 0.25) is 11.8 Å². The van der Waals surface area contributed by atoms with Crippen LogP contribution < -0.4 is 16.6 Å². The number of nitrogens with zero attached hydrogens (tertiary/aromatic N) is 2. The monoisotopic (exact) mass is 340 g/mol. The standard InChI is InChI=1S/C18H20N4O3/c1-10(2)9-13-16-20-12-6-4-3-5-11(12)18(25)22(16)14(17(24)21-13)7-8-15(19)23/h3-6,9-10,14H,7-8H2,1-2H3,(H2,19,23)(H,21,24). The number of primary amides is 1. The summed E-state index contributed by atoms with van der Waals surface area (Å²) in [5, 5.41) is 3.26. The fourth-order valence-corrected chi connectivity index (χ4v) is 3.00. The van der Waals surface area contributed by atoms with Gasteiger partial charge >= 0.3 is 0 Å². The molecule has 2 aromatic rings. The number of benzene rings is 1. The molecule has 2 heterocycles. The third kappa shape index (κ3) is 3.17. The molecular formula is C18H20N4O3. The summed E-state index contributed by atoms with van der Waals surface area (Å²) in [7, 11) is 0. The number of amides is 2. The topological polar surface area (TPSA) is 107 Å². The lowest BCUT2D eigenvalue weighted by Crippen LogP contribution is -2.44. The first kappa shape index (κ1) is 16.9. The molecule has 0 radical (unpaired) electrons. The van der Waals surface area contributed by atoms with Gasteiger partial charge in [0.05, 0.1) is 16.6 Å². The van der Waals surface area contributed by atoms with Gasteiger partial charge in [0.25, 0.3) is 5.56 Å². The summed E-state index contributed by atoms with van der Waals surface area (Å²) in [6.45, 7) is 3.95. The molecule has 0 fully saturated rings. The number of hydrogen-bond acceptors (Lipinski definition) is 4. The molecule has 130 valence electrons. The summed E-state index contributed by atoms with van der Waals surface area (Å²) >= 11 is 0. The smallest absolute Gasteiger partial charge is 0.262 e. The molecule has 25 heavy (non-hydrogen) atoms. The second kappa shape index (κ2) is 6.51. The Morgan fingerprint density at radius 2 is 2.08 bits per heavy atom. The van der Waals surface area contributed by atoms with Crippen LogP contribution >= 0.6 is 0 Å². The Bertz CT molecular complexity index is 943. The number of para-hydroxylation sites is 1. The molecule has 0 spiro atoms. The van der Waals surface area contributed by atoms with E-state index in [4.69, 9.17) is 5.73 Å². The van der Waals surface area contributed by atoms with E-state index in [1.165, 1.54) is 4.57 Å². The first-order valence-electron chi connectivity index (χ1n) is 8.21. The van der Waals surface area contributed by atoms with E-state index in [0.29, 0.717) is 22.4 Å². The molecule has 1 atom stereocenters. The van der Waals surface area contributed by atoms with Crippen LogP contribution in [0.15, 0.2) is 35.1 Å². The summed E-state index contributed by atoms with van der Waals surface area (Å²) < 4.78 is 1.39. The minimum Gasteiger partial charge on any atom is -0.370 e. The van der Waals surface area contributed by atoms with E-state index in [-0.39, 0.29) is 30.2 Å². The summed E-state index contributed by atoms with van der Waals surface area (Å²) in [5.41, 5.74) is 6.00. The van der Waals surface area contributed by atoms with Crippen LogP contribution in [0.3, 0.4) is 0 Å². The zero-order valence-corrected chi connectivity index (χ0v) is 14.2. The predicted molar refractivity (Wildman–Crippen MR) is 94.4 cm³/mol. The third-order valence-electron chi connectivity index (χ3n) is 4.09. The molecule has 1 aliphatic heterocycles. The van der Waals surface area contributed by atoms with Crippen molar-refractivity contribution in [2.24, 2.45) is 11.7 Å². The number of hydrogen-bond donors (Lipinski definition) is 2. The molecule has 3 N–H and O–H groups in total. The highest BCUT2D eigenvalue weighted by Crippen LogP contribution is 2.26. The van der Waals surface area contributed by atoms with Crippen molar-refractivity contribution in [1.82, 2.24) is 14.9 Å². The van der Waals surface area contributed by atoms with Crippen molar-refractivity contribution in [1.29, 1.82) is 0 Å². The first-order chi connectivity index (χ1) is 11.9. The molecule has 0 bridgehead atoms. The van der Waals surface area contributed by atoms with Gasteiger partial charge in [-0.05, 0) is 24.5 Å². The normalized spacial score (nSPS) is 18.4. The number of nitrogens with two attached hydrogens (primary N) is 1. The fraction of sp³-hybridized carbons (Fsp3) is 0.333. The molecule has 1 aliphatic rings. The van der Waals surface area contributed by atoms with E-state index >= 15 is 0 Å². The molecule has 7 heteroatoms. The third-order valence-corrected chi connectivity index (χ3v) is 4.09. The number of nitrogens with one attached hydrogen (secondary N) is 1. The molecule has 1 aromatic heterocycles. The lowest BCUT2D eigenvalue weighted by atomic mass is 10.0. The highest BCUT2D eigenvalue weighted by atomic mass is 16.2. The number of aromatic nitrogens is 2. The van der Waals surface area contributed by atoms with Gasteiger partial charge in [0.15, 0.2) is 5.82 Å². The van der Waals surface area contributed by atoms with Gasteiger partial charge in [0.1, 0.15) is 6.04 Å². The molecule has 0 saturated carbocycles. The Kier molecular flexibility index (Phi) is 4.39. The van der Waals surface area contributed by atoms with Crippen molar-refractivity contribution in [3.63, 3.8) is 0 Å². The maximum absolute atomic E-state index is 13.0. The van der Waals surface area contributed by atoms with Crippen molar-refractivity contribution in [2.75, 3.05) is 0 Å². The fourth-order valence-electron chi connectivity index (χ4n) is 3.00. The van der Waals surface area contributed by atoms with Crippen molar-refractivity contribution in [3.05, 3.63) is 46.5 Å². The molecule has 7 nitrogen and oxygen atoms in total. The van der Waals surface area contributed by atoms with Gasteiger partial charge in [-0.25, -0.2) is 4.98 Å². The lowest BCUT2D eigenvalue weighted by molar-refractivity contribution is -0.124. The van der Waals surface area contributed by atoms with Gasteiger partial charge < -0.3 is 11.1 Å². The number of allylic oxidation sites excluding steroid dienone is 1. The van der Waals surface area contributed by atoms with Crippen LogP contribution in [0, 0.1) is 5.92 Å². The first-order valence-corrected chi connectivity index (χ1v) is 8.21. The summed E-state index contributed by atoms with van der Waals surface area (Å²) in [6, 6.07) is 6.20. The predicted octanol–water partition coefficient (Wildman–Crippen LogP) is 1.33. The van der Waals surface area contributed by atoms with E-state index in [0.717, 1.165) is 0 Å². The van der Waals surface area contributed by atoms with Crippen LogP contribution in [0.5, 0.6) is 0 Å². The zero-order valence-electron chi connectivity index (χ0n) is 14.2. The van der Waals surface area contributed by atoms with Crippen LogP contribution in [0.4, 0.5) is 0 Å². The Labute approximate surface area is 144 Å². The van der Waals surface area contributed by atoms with Crippen LogP contribution in [-0.2, 0) is 9.59 Å². The number of fused-ring (bicyclic) bond motifs is 2. The van der Waals surface area contributed by atoms with Gasteiger partial charge in [-0.1, -0.05) is 32.1 Å². The van der Waals surface area contributed by atoms with Crippen LogP contribution in [0.2, 0.25) is 0 Å². The Balaban J connectivity index is 2.26. The largest absolute Gasteiger partial charge is 0.370 e. The maximum Gasteiger partial charge on any atom is 0.262 e. The summed E-state index contributed by atoms with van der Waals surface area (Å²) in [4.78, 5) is 41.3. The molecule has 3 rings (SSSR count). The van der Waals surface area contributed by atoms with Crippen LogP contribution in [0.25, 0.3) is 16.6 Å². The van der Waals surface area contributed by atoms with Gasteiger partial charge in [-0.15, -0.1) is 0 Å². The quantitative estimate of drug-likeness (QED) is 0.875. The van der Waals surface area contributed by atoms with Gasteiger partial charge in [-0.2, -0.15) is 0 Å². The molecule has 1 aromatic carbocycles. The van der Waals surface area contributed by atoms with Crippen molar-refractivity contribution >= 4 is 28.4 Å². The van der Waals surface area contributed by atoms with E-state index in [1.54, 1.807) is 18.2 Å². The Morgan fingerprint density at radius 3 is 2.76 bits per heavy atom. The van der Waals surface area contributed by atoms with E-state index < -0.39 is 11.9 Å². The molecule has 0 saturated heterocycles. The van der Waals surface area contributed by atoms with E-state index in [1.807, 2.05) is 26.0 Å². The number of carbonyl (C=O) groups excluding carboxylic acids is 2. The zero-order chi connectivity index (χ0) is 18.1. The SMILES string of the molecule is CC(C)C=C1NC(=O)C(CCC(N)=O)n2c1nc1ccccc1c2=O. The number of rotatable bonds is 4. The van der Waals surface area contributed by atoms with Crippen molar-refractivity contribution in [2.45, 2.75) is 32.7 Å². The van der Waals surface area contributed by atoms with Crippen molar-refractivity contribution < 1.29 is 9.59 Å². The van der Waals surface area contributed by atoms with Gasteiger partial charge in [-0.3, -0.25) is 19.0 Å². The minimum absolute atomic E-state index is 0.0139. The van der Waals surface area contributed by atoms with Crippen LogP contribution in [0.1, 0.15) is 38.6 Å². The molecular weight excluding hydrogens is 320 g/mol. The minimum atomic E-state index is -0.809. The summed E-state index contributed by atoms with van der Waals surface area (Å²) in [5.74, 6) is -0.278. The van der Waals surface area contributed by atoms with Gasteiger partial charge in [0, 0.05) is 6.42 Å². The second-order valence-corrected chi connectivity index (χ2v) is 6.46. The summed E-state index contributed by atoms with van der Waals surface area (Å²) in [6.07, 6.45) is 2.03. The Hall–Kier alpha value is -2.96. The van der Waals surface area contributed by atoms with Crippen LogP contribution in [-0.4, -0.2) is 21.4 Å². The highest BCUT2D eigenvalue weighted by Gasteiger charge is 2.32. The lowest BCUT2D eigenvalue weighted by Gasteiger charge is -2.29. The average molecular weight is 340 g/mol. The van der Waals surface area contributed by atoms with E-state index in [2.05, 4.69) is 10.3 Å². The highest BCUT2D eigenvalue weighted by molar-refractivity contribution is 5.93. The maximum atomic E-state index is 13.0. The second-order valence-electron chi connectivity index (χ2n) is 6.46. The molecule has 1 unspecified atom stereocenters. The molecule has 0 aliphatic carbocycles. The van der Waals surface area contributed by atoms with Crippen molar-refractivity contribution in [3.8, 4) is 0 Å².